The number of halogens is 3. The minimum atomic E-state index is -0.719. The van der Waals surface area contributed by atoms with E-state index in [1.54, 1.807) is 24.3 Å². The normalized spacial score (nSPS) is 16.8. The molecule has 1 aliphatic heterocycles. The van der Waals surface area contributed by atoms with E-state index in [4.69, 9.17) is 37.4 Å². The molecule has 0 spiro atoms. The summed E-state index contributed by atoms with van der Waals surface area (Å²) >= 11 is 11.9. The van der Waals surface area contributed by atoms with Crippen molar-refractivity contribution in [2.45, 2.75) is 31.1 Å². The topological polar surface area (TPSA) is 83.4 Å². The first kappa shape index (κ1) is 26.8. The highest BCUT2D eigenvalue weighted by Crippen LogP contribution is 2.26. The minimum Gasteiger partial charge on any atom is -0.494 e. The van der Waals surface area contributed by atoms with Crippen molar-refractivity contribution in [3.8, 4) is 17.2 Å². The summed E-state index contributed by atoms with van der Waals surface area (Å²) < 4.78 is 29.7. The summed E-state index contributed by atoms with van der Waals surface area (Å²) in [5.74, 6) is 0.543. The molecular formula is C24H31Cl2FN2O5. The highest BCUT2D eigenvalue weighted by molar-refractivity contribution is 6.42. The Morgan fingerprint density at radius 1 is 1.00 bits per heavy atom. The fourth-order valence-electron chi connectivity index (χ4n) is 3.72. The third kappa shape index (κ3) is 8.45. The zero-order chi connectivity index (χ0) is 24.5. The summed E-state index contributed by atoms with van der Waals surface area (Å²) in [5.41, 5.74) is 0. The molecule has 0 aromatic heterocycles. The third-order valence-electron chi connectivity index (χ3n) is 5.60. The molecule has 0 radical (unpaired) electrons. The summed E-state index contributed by atoms with van der Waals surface area (Å²) in [6, 6.07) is 9.59. The number of nitrogens with one attached hydrogen (secondary N) is 1. The van der Waals surface area contributed by atoms with E-state index in [9.17, 15) is 14.6 Å². The number of benzene rings is 2. The van der Waals surface area contributed by atoms with Gasteiger partial charge in [-0.15, -0.1) is 0 Å². The third-order valence-corrected chi connectivity index (χ3v) is 6.34. The molecule has 0 saturated carbocycles. The number of methoxy groups -OCH3 is 1. The smallest absolute Gasteiger partial charge is 0.168 e. The zero-order valence-electron chi connectivity index (χ0n) is 19.1. The maximum absolute atomic E-state index is 13.7. The number of aliphatic hydroxyl groups is 2. The Morgan fingerprint density at radius 2 is 1.65 bits per heavy atom. The molecule has 188 valence electrons. The van der Waals surface area contributed by atoms with Crippen LogP contribution < -0.4 is 19.5 Å². The number of hydrogen-bond acceptors (Lipinski definition) is 7. The van der Waals surface area contributed by atoms with E-state index in [2.05, 4.69) is 10.2 Å². The van der Waals surface area contributed by atoms with Gasteiger partial charge in [-0.3, -0.25) is 0 Å². The monoisotopic (exact) mass is 516 g/mol. The number of ether oxygens (including phenoxy) is 3. The Morgan fingerprint density at radius 3 is 2.29 bits per heavy atom. The van der Waals surface area contributed by atoms with Crippen molar-refractivity contribution >= 4 is 23.2 Å². The second kappa shape index (κ2) is 13.3. The van der Waals surface area contributed by atoms with Gasteiger partial charge in [0.05, 0.1) is 17.2 Å². The molecule has 2 atom stereocenters. The zero-order valence-corrected chi connectivity index (χ0v) is 20.6. The van der Waals surface area contributed by atoms with Gasteiger partial charge in [-0.2, -0.15) is 0 Å². The number of piperidine rings is 1. The highest BCUT2D eigenvalue weighted by Gasteiger charge is 2.22. The van der Waals surface area contributed by atoms with E-state index < -0.39 is 18.0 Å². The van der Waals surface area contributed by atoms with Crippen LogP contribution in [0.3, 0.4) is 0 Å². The van der Waals surface area contributed by atoms with Crippen LogP contribution >= 0.6 is 23.2 Å². The molecule has 1 saturated heterocycles. The van der Waals surface area contributed by atoms with Crippen LogP contribution in [0.5, 0.6) is 17.2 Å². The molecule has 1 aliphatic rings. The van der Waals surface area contributed by atoms with Crippen molar-refractivity contribution in [2.24, 2.45) is 0 Å². The molecule has 7 nitrogen and oxygen atoms in total. The lowest BCUT2D eigenvalue weighted by atomic mass is 10.0. The summed E-state index contributed by atoms with van der Waals surface area (Å²) in [4.78, 5) is 2.19. The second-order valence-corrected chi connectivity index (χ2v) is 9.10. The van der Waals surface area contributed by atoms with E-state index in [-0.39, 0.29) is 25.0 Å². The molecule has 3 rings (SSSR count). The molecule has 1 heterocycles. The lowest BCUT2D eigenvalue weighted by molar-refractivity contribution is 0.0556. The van der Waals surface area contributed by atoms with Gasteiger partial charge in [0.15, 0.2) is 11.6 Å². The van der Waals surface area contributed by atoms with Crippen LogP contribution in [0.1, 0.15) is 12.8 Å². The Balaban J connectivity index is 1.29. The van der Waals surface area contributed by atoms with E-state index in [1.807, 2.05) is 0 Å². The van der Waals surface area contributed by atoms with Gasteiger partial charge in [-0.05, 0) is 50.2 Å². The van der Waals surface area contributed by atoms with Crippen LogP contribution in [0, 0.1) is 5.82 Å². The predicted octanol–water partition coefficient (Wildman–Crippen LogP) is 3.37. The van der Waals surface area contributed by atoms with Gasteiger partial charge in [0.25, 0.3) is 0 Å². The molecule has 34 heavy (non-hydrogen) atoms. The number of aliphatic hydroxyl groups excluding tert-OH is 2. The molecular weight excluding hydrogens is 486 g/mol. The quantitative estimate of drug-likeness (QED) is 0.398. The minimum absolute atomic E-state index is 0.0582. The number of hydrogen-bond donors (Lipinski definition) is 3. The van der Waals surface area contributed by atoms with Crippen LogP contribution in [-0.2, 0) is 0 Å². The second-order valence-electron chi connectivity index (χ2n) is 8.29. The van der Waals surface area contributed by atoms with Crippen LogP contribution in [0.15, 0.2) is 36.4 Å². The van der Waals surface area contributed by atoms with E-state index >= 15 is 0 Å². The summed E-state index contributed by atoms with van der Waals surface area (Å²) in [6.07, 6.45) is 0.458. The molecule has 3 N–H and O–H groups in total. The van der Waals surface area contributed by atoms with Crippen molar-refractivity contribution < 1.29 is 28.8 Å². The Labute approximate surface area is 209 Å². The lowest BCUT2D eigenvalue weighted by Crippen LogP contribution is -2.47. The molecule has 10 heteroatoms. The SMILES string of the molecule is COc1ccc(OC[C@@H](O)CNC2CCN(C[C@@H](O)COc3ccc(Cl)c(Cl)c3)CC2)cc1F. The fourth-order valence-corrected chi connectivity index (χ4v) is 4.01. The van der Waals surface area contributed by atoms with Crippen LogP contribution in [0.4, 0.5) is 4.39 Å². The Kier molecular flexibility index (Phi) is 10.5. The lowest BCUT2D eigenvalue weighted by Gasteiger charge is -2.33. The highest BCUT2D eigenvalue weighted by atomic mass is 35.5. The fraction of sp³-hybridized carbons (Fsp3) is 0.500. The van der Waals surface area contributed by atoms with Crippen molar-refractivity contribution in [2.75, 3.05) is 46.5 Å². The Bertz CT molecular complexity index is 915. The first-order chi connectivity index (χ1) is 16.3. The summed E-state index contributed by atoms with van der Waals surface area (Å²) in [6.45, 7) is 2.79. The van der Waals surface area contributed by atoms with Gasteiger partial charge < -0.3 is 34.6 Å². The van der Waals surface area contributed by atoms with E-state index in [0.717, 1.165) is 25.9 Å². The molecule has 2 aromatic carbocycles. The van der Waals surface area contributed by atoms with Crippen molar-refractivity contribution in [3.63, 3.8) is 0 Å². The van der Waals surface area contributed by atoms with Crippen LogP contribution in [0.25, 0.3) is 0 Å². The summed E-state index contributed by atoms with van der Waals surface area (Å²) in [7, 11) is 1.40. The first-order valence-corrected chi connectivity index (χ1v) is 12.0. The number of rotatable bonds is 12. The molecule has 2 aromatic rings. The largest absolute Gasteiger partial charge is 0.494 e. The van der Waals surface area contributed by atoms with Crippen LogP contribution in [-0.4, -0.2) is 79.9 Å². The average molecular weight is 517 g/mol. The predicted molar refractivity (Wildman–Crippen MR) is 130 cm³/mol. The molecule has 0 unspecified atom stereocenters. The van der Waals surface area contributed by atoms with Crippen molar-refractivity contribution in [3.05, 3.63) is 52.3 Å². The van der Waals surface area contributed by atoms with Gasteiger partial charge in [-0.1, -0.05) is 23.2 Å². The molecule has 0 aliphatic carbocycles. The van der Waals surface area contributed by atoms with Gasteiger partial charge in [0, 0.05) is 31.3 Å². The number of likely N-dealkylation sites (tertiary alicyclic amines) is 1. The Hall–Kier alpha value is -1.81. The van der Waals surface area contributed by atoms with Gasteiger partial charge >= 0.3 is 0 Å². The first-order valence-electron chi connectivity index (χ1n) is 11.2. The van der Waals surface area contributed by atoms with E-state index in [0.29, 0.717) is 34.6 Å². The molecule has 0 bridgehead atoms. The average Bonchev–Trinajstić information content (AvgIpc) is 2.83. The standard InChI is InChI=1S/C24H31Cl2FN2O5/c1-32-24-5-3-20(11-23(24)27)33-14-17(30)12-28-16-6-8-29(9-7-16)13-18(31)15-34-19-2-4-21(25)22(26)10-19/h2-5,10-11,16-18,28,30-31H,6-9,12-15H2,1H3/t17-,18+/m0/s1. The maximum atomic E-state index is 13.7. The van der Waals surface area contributed by atoms with Crippen molar-refractivity contribution in [1.82, 2.24) is 10.2 Å². The maximum Gasteiger partial charge on any atom is 0.168 e. The number of nitrogens with zero attached hydrogens (tertiary/aromatic N) is 1. The van der Waals surface area contributed by atoms with Crippen LogP contribution in [0.2, 0.25) is 10.0 Å². The summed E-state index contributed by atoms with van der Waals surface area (Å²) in [5, 5.41) is 24.7. The molecule has 0 amide bonds. The van der Waals surface area contributed by atoms with Gasteiger partial charge in [-0.25, -0.2) is 4.39 Å². The van der Waals surface area contributed by atoms with Crippen molar-refractivity contribution in [1.29, 1.82) is 0 Å². The van der Waals surface area contributed by atoms with Gasteiger partial charge in [0.1, 0.15) is 36.9 Å². The molecule has 1 fully saturated rings. The van der Waals surface area contributed by atoms with Gasteiger partial charge in [0.2, 0.25) is 0 Å². The van der Waals surface area contributed by atoms with E-state index in [1.165, 1.54) is 19.2 Å². The number of β-amino-alcohol motifs (C(OH)–C–C–N with tert-alkyl or cyclic N) is 1.